The zero-order chi connectivity index (χ0) is 9.14. The zero-order valence-corrected chi connectivity index (χ0v) is 8.13. The second kappa shape index (κ2) is 4.19. The van der Waals surface area contributed by atoms with Gasteiger partial charge in [-0.1, -0.05) is 6.92 Å². The van der Waals surface area contributed by atoms with E-state index in [-0.39, 0.29) is 0 Å². The van der Waals surface area contributed by atoms with Gasteiger partial charge in [0.1, 0.15) is 5.38 Å². The van der Waals surface area contributed by atoms with E-state index in [0.717, 1.165) is 11.3 Å². The van der Waals surface area contributed by atoms with Crippen LogP contribution in [0.3, 0.4) is 0 Å². The highest BCUT2D eigenvalue weighted by Gasteiger charge is 2.20. The lowest BCUT2D eigenvalue weighted by Gasteiger charge is -2.03. The Balaban J connectivity index is 2.74. The Labute approximate surface area is 79.2 Å². The fourth-order valence-corrected chi connectivity index (χ4v) is 2.00. The molecule has 0 saturated carbocycles. The topological polar surface area (TPSA) is 0 Å². The Hall–Kier alpha value is -0.150. The summed E-state index contributed by atoms with van der Waals surface area (Å²) in [7, 11) is 0. The van der Waals surface area contributed by atoms with Gasteiger partial charge in [-0.2, -0.15) is 0 Å². The molecule has 0 fully saturated rings. The largest absolute Gasteiger partial charge is 0.259 e. The normalized spacial score (nSPS) is 13.8. The second-order valence-electron chi connectivity index (χ2n) is 2.39. The molecule has 1 unspecified atom stereocenters. The highest BCUT2D eigenvalue weighted by molar-refractivity contribution is 7.12. The van der Waals surface area contributed by atoms with Crippen LogP contribution in [0.25, 0.3) is 0 Å². The average molecular weight is 211 g/mol. The lowest BCUT2D eigenvalue weighted by molar-refractivity contribution is 0.144. The van der Waals surface area contributed by atoms with E-state index >= 15 is 0 Å². The molecule has 0 spiro atoms. The third-order valence-corrected chi connectivity index (χ3v) is 3.39. The number of hydrogen-bond acceptors (Lipinski definition) is 1. The van der Waals surface area contributed by atoms with Crippen LogP contribution in [0.1, 0.15) is 22.1 Å². The van der Waals surface area contributed by atoms with Crippen LogP contribution in [0.4, 0.5) is 8.78 Å². The summed E-state index contributed by atoms with van der Waals surface area (Å²) in [4.78, 5) is 1.65. The molecule has 1 aromatic rings. The fourth-order valence-electron chi connectivity index (χ4n) is 0.857. The molecular formula is C8H9ClF2S. The molecule has 4 heteroatoms. The minimum absolute atomic E-state index is 0.559. The van der Waals surface area contributed by atoms with Crippen LogP contribution in [-0.2, 0) is 6.42 Å². The SMILES string of the molecule is CCc1ccc(C(Cl)C(F)F)s1. The Morgan fingerprint density at radius 3 is 2.58 bits per heavy atom. The highest BCUT2D eigenvalue weighted by atomic mass is 35.5. The van der Waals surface area contributed by atoms with Gasteiger partial charge >= 0.3 is 0 Å². The van der Waals surface area contributed by atoms with E-state index in [9.17, 15) is 8.78 Å². The third-order valence-electron chi connectivity index (χ3n) is 1.52. The summed E-state index contributed by atoms with van der Waals surface area (Å²) >= 11 is 6.83. The summed E-state index contributed by atoms with van der Waals surface area (Å²) in [6.07, 6.45) is -1.60. The third kappa shape index (κ3) is 2.17. The van der Waals surface area contributed by atoms with Gasteiger partial charge in [0.25, 0.3) is 6.43 Å². The summed E-state index contributed by atoms with van der Waals surface area (Å²) < 4.78 is 24.2. The molecule has 0 bridgehead atoms. The van der Waals surface area contributed by atoms with Crippen LogP contribution in [0.15, 0.2) is 12.1 Å². The Morgan fingerprint density at radius 1 is 1.50 bits per heavy atom. The van der Waals surface area contributed by atoms with Crippen molar-refractivity contribution in [2.75, 3.05) is 0 Å². The number of halogens is 3. The monoisotopic (exact) mass is 210 g/mol. The molecule has 0 saturated heterocycles. The fraction of sp³-hybridized carbons (Fsp3) is 0.500. The first-order valence-electron chi connectivity index (χ1n) is 3.66. The van der Waals surface area contributed by atoms with Gasteiger partial charge in [-0.15, -0.1) is 22.9 Å². The smallest absolute Gasteiger partial charge is 0.208 e. The molecule has 12 heavy (non-hydrogen) atoms. The number of rotatable bonds is 3. The minimum atomic E-state index is -2.48. The maximum atomic E-state index is 12.1. The van der Waals surface area contributed by atoms with Crippen molar-refractivity contribution in [2.24, 2.45) is 0 Å². The van der Waals surface area contributed by atoms with Crippen molar-refractivity contribution < 1.29 is 8.78 Å². The van der Waals surface area contributed by atoms with Gasteiger partial charge in [-0.25, -0.2) is 8.78 Å². The standard InChI is InChI=1S/C8H9ClF2S/c1-2-5-3-4-6(12-5)7(9)8(10)11/h3-4,7-8H,2H2,1H3. The van der Waals surface area contributed by atoms with E-state index in [0.29, 0.717) is 4.88 Å². The lowest BCUT2D eigenvalue weighted by atomic mass is 10.3. The van der Waals surface area contributed by atoms with Gasteiger partial charge in [-0.3, -0.25) is 0 Å². The minimum Gasteiger partial charge on any atom is -0.208 e. The van der Waals surface area contributed by atoms with Crippen LogP contribution in [-0.4, -0.2) is 6.43 Å². The van der Waals surface area contributed by atoms with E-state index < -0.39 is 11.8 Å². The van der Waals surface area contributed by atoms with E-state index in [4.69, 9.17) is 11.6 Å². The van der Waals surface area contributed by atoms with Gasteiger partial charge < -0.3 is 0 Å². The van der Waals surface area contributed by atoms with Gasteiger partial charge in [0, 0.05) is 9.75 Å². The quantitative estimate of drug-likeness (QED) is 0.665. The number of alkyl halides is 3. The van der Waals surface area contributed by atoms with E-state index in [1.807, 2.05) is 13.0 Å². The summed E-state index contributed by atoms with van der Waals surface area (Å²) in [5.74, 6) is 0. The number of aryl methyl sites for hydroxylation is 1. The van der Waals surface area contributed by atoms with Crippen molar-refractivity contribution in [3.05, 3.63) is 21.9 Å². The molecule has 0 aliphatic carbocycles. The molecule has 1 aromatic heterocycles. The molecule has 0 aliphatic rings. The second-order valence-corrected chi connectivity index (χ2v) is 4.06. The summed E-state index contributed by atoms with van der Waals surface area (Å²) in [6, 6.07) is 3.52. The summed E-state index contributed by atoms with van der Waals surface area (Å²) in [5.41, 5.74) is 0. The Kier molecular flexibility index (Phi) is 3.47. The van der Waals surface area contributed by atoms with Gasteiger partial charge in [0.15, 0.2) is 0 Å². The van der Waals surface area contributed by atoms with Crippen molar-refractivity contribution in [3.8, 4) is 0 Å². The number of hydrogen-bond donors (Lipinski definition) is 0. The van der Waals surface area contributed by atoms with E-state index in [1.165, 1.54) is 11.3 Å². The molecule has 0 amide bonds. The van der Waals surface area contributed by atoms with Crippen LogP contribution in [0.5, 0.6) is 0 Å². The van der Waals surface area contributed by atoms with Crippen LogP contribution >= 0.6 is 22.9 Å². The van der Waals surface area contributed by atoms with Gasteiger partial charge in [0.05, 0.1) is 0 Å². The molecule has 0 nitrogen and oxygen atoms in total. The molecule has 1 atom stereocenters. The van der Waals surface area contributed by atoms with Gasteiger partial charge in [-0.05, 0) is 18.6 Å². The average Bonchev–Trinajstić information content (AvgIpc) is 2.50. The maximum absolute atomic E-state index is 12.1. The molecule has 68 valence electrons. The summed E-state index contributed by atoms with van der Waals surface area (Å²) in [5, 5.41) is -1.14. The van der Waals surface area contributed by atoms with E-state index in [2.05, 4.69) is 0 Å². The number of thiophene rings is 1. The first-order chi connectivity index (χ1) is 5.65. The molecule has 0 N–H and O–H groups in total. The molecule has 1 heterocycles. The lowest BCUT2D eigenvalue weighted by Crippen LogP contribution is -1.98. The molecule has 1 rings (SSSR count). The van der Waals surface area contributed by atoms with Crippen molar-refractivity contribution >= 4 is 22.9 Å². The molecule has 0 aliphatic heterocycles. The zero-order valence-electron chi connectivity index (χ0n) is 6.56. The maximum Gasteiger partial charge on any atom is 0.259 e. The first kappa shape index (κ1) is 9.93. The van der Waals surface area contributed by atoms with Crippen molar-refractivity contribution in [1.29, 1.82) is 0 Å². The molecule has 0 aromatic carbocycles. The van der Waals surface area contributed by atoms with Crippen molar-refractivity contribution in [1.82, 2.24) is 0 Å². The van der Waals surface area contributed by atoms with Crippen LogP contribution < -0.4 is 0 Å². The summed E-state index contributed by atoms with van der Waals surface area (Å²) in [6.45, 7) is 1.99. The van der Waals surface area contributed by atoms with Crippen LogP contribution in [0.2, 0.25) is 0 Å². The Bertz CT molecular complexity index is 247. The van der Waals surface area contributed by atoms with Crippen molar-refractivity contribution in [2.45, 2.75) is 25.1 Å². The van der Waals surface area contributed by atoms with E-state index in [1.54, 1.807) is 6.07 Å². The van der Waals surface area contributed by atoms with Gasteiger partial charge in [0.2, 0.25) is 0 Å². The first-order valence-corrected chi connectivity index (χ1v) is 4.91. The predicted octanol–water partition coefficient (Wildman–Crippen LogP) is 3.86. The molecule has 0 radical (unpaired) electrons. The predicted molar refractivity (Wildman–Crippen MR) is 48.3 cm³/mol. The highest BCUT2D eigenvalue weighted by Crippen LogP contribution is 2.32. The van der Waals surface area contributed by atoms with Crippen LogP contribution in [0, 0.1) is 0 Å². The molecular weight excluding hydrogens is 202 g/mol. The van der Waals surface area contributed by atoms with Crippen molar-refractivity contribution in [3.63, 3.8) is 0 Å². The Morgan fingerprint density at radius 2 is 2.17 bits per heavy atom.